The highest BCUT2D eigenvalue weighted by Gasteiger charge is 2.11. The lowest BCUT2D eigenvalue weighted by atomic mass is 10.1. The van der Waals surface area contributed by atoms with Gasteiger partial charge in [-0.3, -0.25) is 9.69 Å². The summed E-state index contributed by atoms with van der Waals surface area (Å²) in [6.45, 7) is 11.0. The molecule has 1 aromatic heterocycles. The lowest BCUT2D eigenvalue weighted by molar-refractivity contribution is 0.0342. The minimum Gasteiger partial charge on any atom is -0.379 e. The van der Waals surface area contributed by atoms with Crippen LogP contribution in [0.2, 0.25) is 0 Å². The number of ether oxygens (including phenoxy) is 1. The van der Waals surface area contributed by atoms with Crippen LogP contribution < -0.4 is 10.2 Å². The summed E-state index contributed by atoms with van der Waals surface area (Å²) in [5.41, 5.74) is 2.95. The molecule has 0 spiro atoms. The zero-order valence-electron chi connectivity index (χ0n) is 16.9. The molecule has 1 saturated heterocycles. The van der Waals surface area contributed by atoms with E-state index in [2.05, 4.69) is 52.1 Å². The van der Waals surface area contributed by atoms with Gasteiger partial charge in [0.1, 0.15) is 5.82 Å². The molecule has 6 nitrogen and oxygen atoms in total. The summed E-state index contributed by atoms with van der Waals surface area (Å²) >= 11 is 0. The molecule has 2 heterocycles. The number of nitrogens with one attached hydrogen (secondary N) is 1. The fraction of sp³-hybridized carbons (Fsp3) is 0.455. The van der Waals surface area contributed by atoms with Crippen LogP contribution in [-0.4, -0.2) is 55.2 Å². The summed E-state index contributed by atoms with van der Waals surface area (Å²) in [6, 6.07) is 12.1. The van der Waals surface area contributed by atoms with Crippen molar-refractivity contribution in [1.82, 2.24) is 15.2 Å². The fourth-order valence-electron chi connectivity index (χ4n) is 3.39. The Hall–Kier alpha value is -2.44. The smallest absolute Gasteiger partial charge is 0.253 e. The molecule has 150 valence electrons. The second-order valence-electron chi connectivity index (χ2n) is 6.97. The largest absolute Gasteiger partial charge is 0.379 e. The maximum Gasteiger partial charge on any atom is 0.253 e. The maximum atomic E-state index is 12.5. The van der Waals surface area contributed by atoms with Crippen molar-refractivity contribution in [3.63, 3.8) is 0 Å². The third-order valence-electron chi connectivity index (χ3n) is 5.05. The molecule has 0 bridgehead atoms. The molecular weight excluding hydrogens is 352 g/mol. The second kappa shape index (κ2) is 10.2. The summed E-state index contributed by atoms with van der Waals surface area (Å²) in [7, 11) is 0. The van der Waals surface area contributed by atoms with E-state index in [1.807, 2.05) is 18.2 Å². The summed E-state index contributed by atoms with van der Waals surface area (Å²) in [5, 5.41) is 3.00. The van der Waals surface area contributed by atoms with Crippen molar-refractivity contribution in [1.29, 1.82) is 0 Å². The number of morpholine rings is 1. The van der Waals surface area contributed by atoms with Crippen molar-refractivity contribution in [3.8, 4) is 0 Å². The third-order valence-corrected chi connectivity index (χ3v) is 5.05. The van der Waals surface area contributed by atoms with Crippen LogP contribution in [0.4, 0.5) is 5.82 Å². The monoisotopic (exact) mass is 382 g/mol. The van der Waals surface area contributed by atoms with Gasteiger partial charge in [-0.05, 0) is 37.1 Å². The van der Waals surface area contributed by atoms with E-state index in [-0.39, 0.29) is 5.91 Å². The first-order valence-corrected chi connectivity index (χ1v) is 10.1. The number of hydrogen-bond acceptors (Lipinski definition) is 5. The van der Waals surface area contributed by atoms with Gasteiger partial charge in [0.05, 0.1) is 18.8 Å². The minimum absolute atomic E-state index is 0.0998. The van der Waals surface area contributed by atoms with Crippen LogP contribution >= 0.6 is 0 Å². The molecule has 0 saturated carbocycles. The van der Waals surface area contributed by atoms with Crippen molar-refractivity contribution >= 4 is 11.7 Å². The average Bonchev–Trinajstić information content (AvgIpc) is 2.74. The molecule has 1 aliphatic rings. The van der Waals surface area contributed by atoms with Gasteiger partial charge < -0.3 is 15.0 Å². The van der Waals surface area contributed by atoms with E-state index in [9.17, 15) is 4.79 Å². The fourth-order valence-corrected chi connectivity index (χ4v) is 3.39. The molecule has 1 N–H and O–H groups in total. The first-order chi connectivity index (χ1) is 13.7. The van der Waals surface area contributed by atoms with Crippen molar-refractivity contribution < 1.29 is 9.53 Å². The number of pyridine rings is 1. The van der Waals surface area contributed by atoms with Crippen LogP contribution in [-0.2, 0) is 17.8 Å². The molecule has 0 atom stereocenters. The van der Waals surface area contributed by atoms with Gasteiger partial charge in [0, 0.05) is 45.5 Å². The maximum absolute atomic E-state index is 12.5. The topological polar surface area (TPSA) is 57.7 Å². The highest BCUT2D eigenvalue weighted by molar-refractivity contribution is 5.94. The normalized spacial score (nSPS) is 14.6. The molecule has 0 aliphatic carbocycles. The highest BCUT2D eigenvalue weighted by Crippen LogP contribution is 2.12. The van der Waals surface area contributed by atoms with Gasteiger partial charge in [0.15, 0.2) is 0 Å². The van der Waals surface area contributed by atoms with Crippen LogP contribution in [0.5, 0.6) is 0 Å². The van der Waals surface area contributed by atoms with Gasteiger partial charge >= 0.3 is 0 Å². The molecule has 1 amide bonds. The van der Waals surface area contributed by atoms with Crippen LogP contribution in [0.25, 0.3) is 0 Å². The molecular formula is C22H30N4O2. The molecule has 0 unspecified atom stereocenters. The van der Waals surface area contributed by atoms with Crippen molar-refractivity contribution in [2.75, 3.05) is 44.3 Å². The lowest BCUT2D eigenvalue weighted by Crippen LogP contribution is -2.35. The summed E-state index contributed by atoms with van der Waals surface area (Å²) in [4.78, 5) is 21.4. The van der Waals surface area contributed by atoms with Crippen molar-refractivity contribution in [2.24, 2.45) is 0 Å². The molecule has 2 aromatic rings. The summed E-state index contributed by atoms with van der Waals surface area (Å²) in [6.07, 6.45) is 1.65. The predicted octanol–water partition coefficient (Wildman–Crippen LogP) is 2.69. The zero-order chi connectivity index (χ0) is 19.8. The molecule has 1 fully saturated rings. The van der Waals surface area contributed by atoms with E-state index < -0.39 is 0 Å². The van der Waals surface area contributed by atoms with Crippen molar-refractivity contribution in [3.05, 3.63) is 59.3 Å². The van der Waals surface area contributed by atoms with Crippen LogP contribution in [0.1, 0.15) is 35.3 Å². The van der Waals surface area contributed by atoms with Crippen LogP contribution in [0, 0.1) is 0 Å². The van der Waals surface area contributed by atoms with E-state index in [4.69, 9.17) is 4.74 Å². The van der Waals surface area contributed by atoms with Crippen LogP contribution in [0.3, 0.4) is 0 Å². The van der Waals surface area contributed by atoms with E-state index >= 15 is 0 Å². The predicted molar refractivity (Wildman–Crippen MR) is 112 cm³/mol. The van der Waals surface area contributed by atoms with Gasteiger partial charge in [-0.25, -0.2) is 4.98 Å². The van der Waals surface area contributed by atoms with E-state index in [1.165, 1.54) is 5.56 Å². The highest BCUT2D eigenvalue weighted by atomic mass is 16.5. The Balaban J connectivity index is 1.54. The molecule has 1 aliphatic heterocycles. The Morgan fingerprint density at radius 3 is 2.57 bits per heavy atom. The number of nitrogens with zero attached hydrogens (tertiary/aromatic N) is 3. The minimum atomic E-state index is -0.0998. The average molecular weight is 383 g/mol. The van der Waals surface area contributed by atoms with Gasteiger partial charge in [0.25, 0.3) is 5.91 Å². The number of carbonyl (C=O) groups excluding carboxylic acids is 1. The second-order valence-corrected chi connectivity index (χ2v) is 6.97. The SMILES string of the molecule is CCN(CC)c1ccc(C(=O)NCc2cccc(CN3CCOCC3)c2)cn1. The van der Waals surface area contributed by atoms with Gasteiger partial charge in [-0.1, -0.05) is 24.3 Å². The lowest BCUT2D eigenvalue weighted by Gasteiger charge is -2.26. The molecule has 3 rings (SSSR count). The Morgan fingerprint density at radius 2 is 1.89 bits per heavy atom. The Labute approximate surface area is 167 Å². The summed E-state index contributed by atoms with van der Waals surface area (Å²) in [5.74, 6) is 0.801. The molecule has 1 aromatic carbocycles. The number of anilines is 1. The Bertz CT molecular complexity index is 753. The number of benzene rings is 1. The first kappa shape index (κ1) is 20.3. The number of aromatic nitrogens is 1. The van der Waals surface area contributed by atoms with Gasteiger partial charge in [-0.2, -0.15) is 0 Å². The molecule has 6 heteroatoms. The number of carbonyl (C=O) groups is 1. The van der Waals surface area contributed by atoms with Crippen LogP contribution in [0.15, 0.2) is 42.6 Å². The van der Waals surface area contributed by atoms with E-state index in [1.54, 1.807) is 6.20 Å². The number of hydrogen-bond donors (Lipinski definition) is 1. The number of rotatable bonds is 8. The van der Waals surface area contributed by atoms with E-state index in [0.29, 0.717) is 12.1 Å². The van der Waals surface area contributed by atoms with Gasteiger partial charge in [0.2, 0.25) is 0 Å². The Kier molecular flexibility index (Phi) is 7.39. The molecule has 0 radical (unpaired) electrons. The quantitative estimate of drug-likeness (QED) is 0.761. The van der Waals surface area contributed by atoms with Gasteiger partial charge in [-0.15, -0.1) is 0 Å². The number of amides is 1. The van der Waals surface area contributed by atoms with Crippen molar-refractivity contribution in [2.45, 2.75) is 26.9 Å². The zero-order valence-corrected chi connectivity index (χ0v) is 16.9. The Morgan fingerprint density at radius 1 is 1.14 bits per heavy atom. The molecule has 28 heavy (non-hydrogen) atoms. The standard InChI is InChI=1S/C22H30N4O2/c1-3-26(4-2)21-9-8-20(16-23-21)22(27)24-15-18-6-5-7-19(14-18)17-25-10-12-28-13-11-25/h5-9,14,16H,3-4,10-13,15,17H2,1-2H3,(H,24,27). The third kappa shape index (κ3) is 5.53. The summed E-state index contributed by atoms with van der Waals surface area (Å²) < 4.78 is 5.40. The van der Waals surface area contributed by atoms with E-state index in [0.717, 1.165) is 57.3 Å². The first-order valence-electron chi connectivity index (χ1n) is 10.1.